The highest BCUT2D eigenvalue weighted by molar-refractivity contribution is 7.99. The van der Waals surface area contributed by atoms with E-state index in [1.807, 2.05) is 10.6 Å². The zero-order valence-corrected chi connectivity index (χ0v) is 15.4. The first-order valence-electron chi connectivity index (χ1n) is 8.41. The predicted molar refractivity (Wildman–Crippen MR) is 102 cm³/mol. The molecule has 2 N–H and O–H groups in total. The Hall–Kier alpha value is -2.61. The summed E-state index contributed by atoms with van der Waals surface area (Å²) in [7, 11) is 0. The minimum atomic E-state index is -0.156. The molecular weight excluding hydrogens is 350 g/mol. The molecule has 2 amide bonds. The highest BCUT2D eigenvalue weighted by atomic mass is 32.2. The van der Waals surface area contributed by atoms with Gasteiger partial charge in [-0.1, -0.05) is 23.9 Å². The molecule has 0 radical (unpaired) electrons. The van der Waals surface area contributed by atoms with Crippen molar-refractivity contribution in [1.29, 1.82) is 0 Å². The average molecular weight is 371 g/mol. The minimum Gasteiger partial charge on any atom is -0.326 e. The summed E-state index contributed by atoms with van der Waals surface area (Å²) in [5.41, 5.74) is 1.27. The molecule has 1 aliphatic carbocycles. The second-order valence-electron chi connectivity index (χ2n) is 6.11. The number of hydrogen-bond donors (Lipinski definition) is 2. The molecule has 3 rings (SSSR count). The van der Waals surface area contributed by atoms with Gasteiger partial charge in [0, 0.05) is 30.8 Å². The molecule has 1 aromatic carbocycles. The van der Waals surface area contributed by atoms with E-state index in [0.29, 0.717) is 23.8 Å². The van der Waals surface area contributed by atoms with Crippen LogP contribution in [0.4, 0.5) is 11.4 Å². The fraction of sp³-hybridized carbons (Fsp3) is 0.333. The topological polar surface area (TPSA) is 88.9 Å². The Balaban J connectivity index is 1.59. The van der Waals surface area contributed by atoms with Gasteiger partial charge in [-0.25, -0.2) is 0 Å². The molecule has 1 aliphatic rings. The summed E-state index contributed by atoms with van der Waals surface area (Å²) >= 11 is 1.36. The molecule has 0 saturated heterocycles. The van der Waals surface area contributed by atoms with Crippen molar-refractivity contribution >= 4 is 35.0 Å². The van der Waals surface area contributed by atoms with Crippen LogP contribution in [0, 0.1) is 0 Å². The quantitative estimate of drug-likeness (QED) is 0.550. The molecule has 0 bridgehead atoms. The molecule has 1 heterocycles. The van der Waals surface area contributed by atoms with Crippen molar-refractivity contribution in [2.45, 2.75) is 37.4 Å². The van der Waals surface area contributed by atoms with Crippen LogP contribution in [0.3, 0.4) is 0 Å². The third-order valence-electron chi connectivity index (χ3n) is 3.80. The van der Waals surface area contributed by atoms with Gasteiger partial charge >= 0.3 is 0 Å². The van der Waals surface area contributed by atoms with E-state index < -0.39 is 0 Å². The van der Waals surface area contributed by atoms with Crippen LogP contribution in [0.1, 0.15) is 31.5 Å². The molecule has 0 atom stereocenters. The number of aromatic nitrogens is 3. The Morgan fingerprint density at radius 1 is 1.31 bits per heavy atom. The summed E-state index contributed by atoms with van der Waals surface area (Å²) in [6, 6.07) is 7.04. The van der Waals surface area contributed by atoms with Gasteiger partial charge in [0.25, 0.3) is 0 Å². The summed E-state index contributed by atoms with van der Waals surface area (Å²) in [5.74, 6) is 1.40. The SMILES string of the molecule is C=CCn1c(SCC(=O)Nc2cccc(NC(C)=O)c2)nnc1C1CC1. The summed E-state index contributed by atoms with van der Waals surface area (Å²) < 4.78 is 2.03. The van der Waals surface area contributed by atoms with Gasteiger partial charge in [0.15, 0.2) is 5.16 Å². The lowest BCUT2D eigenvalue weighted by Crippen LogP contribution is -2.15. The van der Waals surface area contributed by atoms with Gasteiger partial charge in [-0.15, -0.1) is 16.8 Å². The van der Waals surface area contributed by atoms with Gasteiger partial charge in [0.1, 0.15) is 5.82 Å². The number of nitrogens with one attached hydrogen (secondary N) is 2. The average Bonchev–Trinajstić information content (AvgIpc) is 3.35. The van der Waals surface area contributed by atoms with E-state index in [1.165, 1.54) is 18.7 Å². The molecule has 26 heavy (non-hydrogen) atoms. The van der Waals surface area contributed by atoms with Crippen LogP contribution in [0.15, 0.2) is 42.1 Å². The zero-order chi connectivity index (χ0) is 18.5. The maximum absolute atomic E-state index is 12.2. The number of rotatable bonds is 8. The lowest BCUT2D eigenvalue weighted by Gasteiger charge is -2.09. The number of amides is 2. The van der Waals surface area contributed by atoms with Crippen LogP contribution in [0.5, 0.6) is 0 Å². The Labute approximate surface area is 156 Å². The van der Waals surface area contributed by atoms with Crippen molar-refractivity contribution in [2.75, 3.05) is 16.4 Å². The van der Waals surface area contributed by atoms with E-state index in [4.69, 9.17) is 0 Å². The van der Waals surface area contributed by atoms with E-state index in [9.17, 15) is 9.59 Å². The summed E-state index contributed by atoms with van der Waals surface area (Å²) in [6.07, 6.45) is 4.10. The summed E-state index contributed by atoms with van der Waals surface area (Å²) in [6.45, 7) is 5.86. The van der Waals surface area contributed by atoms with E-state index >= 15 is 0 Å². The molecule has 0 unspecified atom stereocenters. The lowest BCUT2D eigenvalue weighted by molar-refractivity contribution is -0.114. The molecule has 1 saturated carbocycles. The Morgan fingerprint density at radius 3 is 2.69 bits per heavy atom. The number of nitrogens with zero attached hydrogens (tertiary/aromatic N) is 3. The minimum absolute atomic E-state index is 0.142. The van der Waals surface area contributed by atoms with Crippen molar-refractivity contribution in [3.63, 3.8) is 0 Å². The first kappa shape index (κ1) is 18.2. The predicted octanol–water partition coefficient (Wildman–Crippen LogP) is 3.03. The fourth-order valence-corrected chi connectivity index (χ4v) is 3.31. The van der Waals surface area contributed by atoms with Crippen LogP contribution in [-0.4, -0.2) is 32.3 Å². The van der Waals surface area contributed by atoms with Crippen LogP contribution in [0.25, 0.3) is 0 Å². The van der Waals surface area contributed by atoms with Gasteiger partial charge in [-0.3, -0.25) is 9.59 Å². The maximum atomic E-state index is 12.2. The third-order valence-corrected chi connectivity index (χ3v) is 4.77. The molecule has 0 spiro atoms. The monoisotopic (exact) mass is 371 g/mol. The number of carbonyl (C=O) groups excluding carboxylic acids is 2. The van der Waals surface area contributed by atoms with E-state index in [2.05, 4.69) is 27.4 Å². The number of anilines is 2. The first-order valence-corrected chi connectivity index (χ1v) is 9.39. The van der Waals surface area contributed by atoms with Gasteiger partial charge in [0.05, 0.1) is 5.75 Å². The Bertz CT molecular complexity index is 829. The Kier molecular flexibility index (Phi) is 5.72. The molecule has 7 nitrogen and oxygen atoms in total. The highest BCUT2D eigenvalue weighted by Gasteiger charge is 2.30. The van der Waals surface area contributed by atoms with Gasteiger partial charge in [-0.2, -0.15) is 0 Å². The highest BCUT2D eigenvalue weighted by Crippen LogP contribution is 2.40. The van der Waals surface area contributed by atoms with Crippen molar-refractivity contribution in [3.05, 3.63) is 42.7 Å². The molecule has 1 fully saturated rings. The smallest absolute Gasteiger partial charge is 0.234 e. The largest absolute Gasteiger partial charge is 0.326 e. The van der Waals surface area contributed by atoms with Gasteiger partial charge in [-0.05, 0) is 31.0 Å². The van der Waals surface area contributed by atoms with Crippen molar-refractivity contribution in [1.82, 2.24) is 14.8 Å². The van der Waals surface area contributed by atoms with Crippen molar-refractivity contribution < 1.29 is 9.59 Å². The van der Waals surface area contributed by atoms with Crippen LogP contribution >= 0.6 is 11.8 Å². The van der Waals surface area contributed by atoms with Crippen LogP contribution in [-0.2, 0) is 16.1 Å². The molecule has 136 valence electrons. The normalized spacial score (nSPS) is 13.3. The molecule has 2 aromatic rings. The lowest BCUT2D eigenvalue weighted by atomic mass is 10.2. The number of benzene rings is 1. The van der Waals surface area contributed by atoms with Crippen LogP contribution in [0.2, 0.25) is 0 Å². The van der Waals surface area contributed by atoms with E-state index in [0.717, 1.165) is 23.8 Å². The second kappa shape index (κ2) is 8.18. The third kappa shape index (κ3) is 4.72. The maximum Gasteiger partial charge on any atom is 0.234 e. The zero-order valence-electron chi connectivity index (χ0n) is 14.6. The first-order chi connectivity index (χ1) is 12.6. The summed E-state index contributed by atoms with van der Waals surface area (Å²) in [4.78, 5) is 23.4. The summed E-state index contributed by atoms with van der Waals surface area (Å²) in [5, 5.41) is 14.7. The molecular formula is C18H21N5O2S. The second-order valence-corrected chi connectivity index (χ2v) is 7.06. The standard InChI is InChI=1S/C18H21N5O2S/c1-3-9-23-17(13-7-8-13)21-22-18(23)26-11-16(25)20-15-6-4-5-14(10-15)19-12(2)24/h3-6,10,13H,1,7-9,11H2,2H3,(H,19,24)(H,20,25). The molecule has 0 aliphatic heterocycles. The number of hydrogen-bond acceptors (Lipinski definition) is 5. The molecule has 1 aromatic heterocycles. The van der Waals surface area contributed by atoms with E-state index in [-0.39, 0.29) is 17.6 Å². The molecule has 8 heteroatoms. The van der Waals surface area contributed by atoms with Gasteiger partial charge < -0.3 is 15.2 Å². The Morgan fingerprint density at radius 2 is 2.04 bits per heavy atom. The van der Waals surface area contributed by atoms with Crippen molar-refractivity contribution in [2.24, 2.45) is 0 Å². The number of carbonyl (C=O) groups is 2. The van der Waals surface area contributed by atoms with Crippen LogP contribution < -0.4 is 10.6 Å². The number of allylic oxidation sites excluding steroid dienone is 1. The van der Waals surface area contributed by atoms with Gasteiger partial charge in [0.2, 0.25) is 11.8 Å². The van der Waals surface area contributed by atoms with E-state index in [1.54, 1.807) is 24.3 Å². The fourth-order valence-electron chi connectivity index (χ4n) is 2.56. The van der Waals surface area contributed by atoms with Crippen molar-refractivity contribution in [3.8, 4) is 0 Å². The number of thioether (sulfide) groups is 1.